The summed E-state index contributed by atoms with van der Waals surface area (Å²) in [6.07, 6.45) is 1.86. The van der Waals surface area contributed by atoms with Gasteiger partial charge in [-0.15, -0.1) is 0 Å². The minimum absolute atomic E-state index is 0.0754. The first kappa shape index (κ1) is 14.2. The molecule has 0 spiro atoms. The van der Waals surface area contributed by atoms with Crippen molar-refractivity contribution in [1.82, 2.24) is 15.5 Å². The molecule has 21 heavy (non-hydrogen) atoms. The molecule has 1 atom stereocenters. The smallest absolute Gasteiger partial charge is 0.258 e. The molecule has 0 fully saturated rings. The number of benzene rings is 1. The van der Waals surface area contributed by atoms with Crippen LogP contribution in [-0.2, 0) is 17.8 Å². The molecule has 0 radical (unpaired) electrons. The van der Waals surface area contributed by atoms with Crippen molar-refractivity contribution in [1.29, 1.82) is 0 Å². The molecule has 1 aliphatic rings. The van der Waals surface area contributed by atoms with Crippen molar-refractivity contribution in [3.63, 3.8) is 0 Å². The van der Waals surface area contributed by atoms with E-state index >= 15 is 0 Å². The molecule has 0 saturated carbocycles. The first-order valence-electron chi connectivity index (χ1n) is 7.60. The molecule has 0 aliphatic carbocycles. The SMILES string of the molecule is CCCC(OCC)c1noc(-c2ccc3c(c2)CNC3)n1. The number of rotatable bonds is 6. The summed E-state index contributed by atoms with van der Waals surface area (Å²) >= 11 is 0. The number of hydrogen-bond acceptors (Lipinski definition) is 5. The van der Waals surface area contributed by atoms with Gasteiger partial charge >= 0.3 is 0 Å². The molecular weight excluding hydrogens is 266 g/mol. The second-order valence-electron chi connectivity index (χ2n) is 5.28. The zero-order valence-electron chi connectivity index (χ0n) is 12.6. The van der Waals surface area contributed by atoms with Crippen LogP contribution in [0.2, 0.25) is 0 Å². The van der Waals surface area contributed by atoms with Gasteiger partial charge in [0, 0.05) is 25.3 Å². The summed E-state index contributed by atoms with van der Waals surface area (Å²) in [5.41, 5.74) is 3.63. The van der Waals surface area contributed by atoms with Gasteiger partial charge in [0.1, 0.15) is 6.10 Å². The van der Waals surface area contributed by atoms with Crippen LogP contribution in [0.25, 0.3) is 11.5 Å². The Balaban J connectivity index is 1.83. The Bertz CT molecular complexity index is 603. The topological polar surface area (TPSA) is 60.2 Å². The summed E-state index contributed by atoms with van der Waals surface area (Å²) in [6.45, 7) is 6.60. The van der Waals surface area contributed by atoms with Crippen LogP contribution < -0.4 is 5.32 Å². The maximum absolute atomic E-state index is 5.70. The van der Waals surface area contributed by atoms with Gasteiger partial charge in [0.15, 0.2) is 0 Å². The predicted octanol–water partition coefficient (Wildman–Crippen LogP) is 3.22. The van der Waals surface area contributed by atoms with E-state index in [1.807, 2.05) is 13.0 Å². The first-order valence-corrected chi connectivity index (χ1v) is 7.60. The fourth-order valence-electron chi connectivity index (χ4n) is 2.66. The van der Waals surface area contributed by atoms with Gasteiger partial charge in [-0.1, -0.05) is 24.6 Å². The molecule has 0 saturated heterocycles. The Morgan fingerprint density at radius 3 is 2.95 bits per heavy atom. The minimum Gasteiger partial charge on any atom is -0.370 e. The van der Waals surface area contributed by atoms with E-state index in [2.05, 4.69) is 34.5 Å². The van der Waals surface area contributed by atoms with Crippen molar-refractivity contribution in [2.45, 2.75) is 45.9 Å². The molecular formula is C16H21N3O2. The average Bonchev–Trinajstić information content (AvgIpc) is 3.15. The third-order valence-electron chi connectivity index (χ3n) is 3.73. The molecule has 3 rings (SSSR count). The molecule has 5 nitrogen and oxygen atoms in total. The van der Waals surface area contributed by atoms with Gasteiger partial charge in [-0.05, 0) is 36.6 Å². The fraction of sp³-hybridized carbons (Fsp3) is 0.500. The van der Waals surface area contributed by atoms with Crippen molar-refractivity contribution in [3.8, 4) is 11.5 Å². The maximum atomic E-state index is 5.70. The summed E-state index contributed by atoms with van der Waals surface area (Å²) in [5.74, 6) is 1.22. The monoisotopic (exact) mass is 287 g/mol. The molecule has 0 amide bonds. The Morgan fingerprint density at radius 1 is 1.29 bits per heavy atom. The van der Waals surface area contributed by atoms with E-state index in [1.165, 1.54) is 11.1 Å². The van der Waals surface area contributed by atoms with Crippen LogP contribution >= 0.6 is 0 Å². The lowest BCUT2D eigenvalue weighted by atomic mass is 10.1. The number of nitrogens with one attached hydrogen (secondary N) is 1. The molecule has 2 heterocycles. The Kier molecular flexibility index (Phi) is 4.31. The van der Waals surface area contributed by atoms with Gasteiger partial charge in [0.2, 0.25) is 5.82 Å². The summed E-state index contributed by atoms with van der Waals surface area (Å²) in [4.78, 5) is 4.52. The van der Waals surface area contributed by atoms with E-state index < -0.39 is 0 Å². The molecule has 1 aromatic carbocycles. The summed E-state index contributed by atoms with van der Waals surface area (Å²) in [6, 6.07) is 6.29. The van der Waals surface area contributed by atoms with E-state index in [0.29, 0.717) is 18.3 Å². The van der Waals surface area contributed by atoms with Gasteiger partial charge in [0.25, 0.3) is 5.89 Å². The van der Waals surface area contributed by atoms with Gasteiger partial charge < -0.3 is 14.6 Å². The molecule has 1 aromatic heterocycles. The Hall–Kier alpha value is -1.72. The number of fused-ring (bicyclic) bond motifs is 1. The standard InChI is InChI=1S/C16H21N3O2/c1-3-5-14(20-4-2)15-18-16(21-19-15)11-6-7-12-9-17-10-13(12)8-11/h6-8,14,17H,3-5,9-10H2,1-2H3. The molecule has 112 valence electrons. The van der Waals surface area contributed by atoms with Crippen LogP contribution in [-0.4, -0.2) is 16.7 Å². The lowest BCUT2D eigenvalue weighted by Crippen LogP contribution is -2.05. The van der Waals surface area contributed by atoms with Crippen LogP contribution in [0.3, 0.4) is 0 Å². The second-order valence-corrected chi connectivity index (χ2v) is 5.28. The normalized spacial score (nSPS) is 15.1. The van der Waals surface area contributed by atoms with Crippen molar-refractivity contribution in [2.24, 2.45) is 0 Å². The Morgan fingerprint density at radius 2 is 2.14 bits per heavy atom. The highest BCUT2D eigenvalue weighted by atomic mass is 16.5. The number of hydrogen-bond donors (Lipinski definition) is 1. The average molecular weight is 287 g/mol. The second kappa shape index (κ2) is 6.37. The van der Waals surface area contributed by atoms with Crippen molar-refractivity contribution in [2.75, 3.05) is 6.61 Å². The van der Waals surface area contributed by atoms with Crippen molar-refractivity contribution < 1.29 is 9.26 Å². The van der Waals surface area contributed by atoms with Gasteiger partial charge in [-0.25, -0.2) is 0 Å². The van der Waals surface area contributed by atoms with E-state index in [4.69, 9.17) is 9.26 Å². The van der Waals surface area contributed by atoms with Gasteiger partial charge in [-0.3, -0.25) is 0 Å². The third kappa shape index (κ3) is 2.99. The molecule has 5 heteroatoms. The van der Waals surface area contributed by atoms with Crippen LogP contribution in [0, 0.1) is 0 Å². The highest BCUT2D eigenvalue weighted by Gasteiger charge is 2.19. The minimum atomic E-state index is -0.0754. The quantitative estimate of drug-likeness (QED) is 0.884. The summed E-state index contributed by atoms with van der Waals surface area (Å²) in [5, 5.41) is 7.43. The fourth-order valence-corrected chi connectivity index (χ4v) is 2.66. The predicted molar refractivity (Wildman–Crippen MR) is 79.6 cm³/mol. The lowest BCUT2D eigenvalue weighted by molar-refractivity contribution is 0.0478. The number of aromatic nitrogens is 2. The highest BCUT2D eigenvalue weighted by Crippen LogP contribution is 2.26. The first-order chi connectivity index (χ1) is 10.3. The van der Waals surface area contributed by atoms with Crippen molar-refractivity contribution >= 4 is 0 Å². The van der Waals surface area contributed by atoms with Crippen molar-refractivity contribution in [3.05, 3.63) is 35.2 Å². The zero-order valence-corrected chi connectivity index (χ0v) is 12.6. The molecule has 2 aromatic rings. The third-order valence-corrected chi connectivity index (χ3v) is 3.73. The van der Waals surface area contributed by atoms with E-state index in [-0.39, 0.29) is 6.10 Å². The number of ether oxygens (including phenoxy) is 1. The largest absolute Gasteiger partial charge is 0.370 e. The summed E-state index contributed by atoms with van der Waals surface area (Å²) in [7, 11) is 0. The van der Waals surface area contributed by atoms with Crippen LogP contribution in [0.1, 0.15) is 49.7 Å². The van der Waals surface area contributed by atoms with Gasteiger partial charge in [0.05, 0.1) is 0 Å². The number of nitrogens with zero attached hydrogens (tertiary/aromatic N) is 2. The molecule has 1 aliphatic heterocycles. The summed E-state index contributed by atoms with van der Waals surface area (Å²) < 4.78 is 11.1. The lowest BCUT2D eigenvalue weighted by Gasteiger charge is -2.11. The zero-order chi connectivity index (χ0) is 14.7. The maximum Gasteiger partial charge on any atom is 0.258 e. The van der Waals surface area contributed by atoms with Crippen LogP contribution in [0.5, 0.6) is 0 Å². The van der Waals surface area contributed by atoms with Gasteiger partial charge in [-0.2, -0.15) is 4.98 Å². The van der Waals surface area contributed by atoms with Crippen LogP contribution in [0.4, 0.5) is 0 Å². The van der Waals surface area contributed by atoms with E-state index in [1.54, 1.807) is 0 Å². The van der Waals surface area contributed by atoms with E-state index in [0.717, 1.165) is 31.5 Å². The molecule has 1 unspecified atom stereocenters. The van der Waals surface area contributed by atoms with E-state index in [9.17, 15) is 0 Å². The van der Waals surface area contributed by atoms with Crippen LogP contribution in [0.15, 0.2) is 22.7 Å². The molecule has 0 bridgehead atoms. The Labute approximate surface area is 124 Å². The molecule has 1 N–H and O–H groups in total. The highest BCUT2D eigenvalue weighted by molar-refractivity contribution is 5.56.